The highest BCUT2D eigenvalue weighted by Gasteiger charge is 2.33. The van der Waals surface area contributed by atoms with Crippen LogP contribution in [-0.4, -0.2) is 82.0 Å². The van der Waals surface area contributed by atoms with Crippen LogP contribution in [-0.2, 0) is 28.8 Å². The first-order valence-corrected chi connectivity index (χ1v) is 12.1. The topological polar surface area (TPSA) is 231 Å². The van der Waals surface area contributed by atoms with Crippen molar-refractivity contribution < 1.29 is 39.0 Å². The lowest BCUT2D eigenvalue weighted by atomic mass is 9.97. The third-order valence-electron chi connectivity index (χ3n) is 5.07. The number of amides is 4. The fourth-order valence-electron chi connectivity index (χ4n) is 2.80. The van der Waals surface area contributed by atoms with Gasteiger partial charge in [0.25, 0.3) is 0 Å². The van der Waals surface area contributed by atoms with Gasteiger partial charge in [0.15, 0.2) is 0 Å². The Morgan fingerprint density at radius 3 is 1.97 bits per heavy atom. The zero-order valence-electron chi connectivity index (χ0n) is 19.5. The molecule has 0 aromatic carbocycles. The van der Waals surface area contributed by atoms with E-state index in [1.807, 2.05) is 11.6 Å². The predicted octanol–water partition coefficient (Wildman–Crippen LogP) is -1.61. The molecule has 0 aromatic rings. The Hall–Kier alpha value is -2.87. The monoisotopic (exact) mass is 505 g/mol. The lowest BCUT2D eigenvalue weighted by Gasteiger charge is -2.27. The van der Waals surface area contributed by atoms with E-state index in [4.69, 9.17) is 21.7 Å². The molecule has 0 rings (SSSR count). The second-order valence-electron chi connectivity index (χ2n) is 7.82. The second kappa shape index (κ2) is 15.9. The number of carboxylic acid groups (broad SMARTS) is 2. The Kier molecular flexibility index (Phi) is 14.5. The Morgan fingerprint density at radius 2 is 1.50 bits per heavy atom. The van der Waals surface area contributed by atoms with Gasteiger partial charge in [-0.15, -0.1) is 0 Å². The molecular weight excluding hydrogens is 470 g/mol. The van der Waals surface area contributed by atoms with Gasteiger partial charge in [0, 0.05) is 6.42 Å². The van der Waals surface area contributed by atoms with Gasteiger partial charge in [-0.3, -0.25) is 24.0 Å². The summed E-state index contributed by atoms with van der Waals surface area (Å²) >= 11 is 1.51. The molecule has 0 aromatic heterocycles. The maximum absolute atomic E-state index is 13.0. The molecule has 0 spiro atoms. The van der Waals surface area contributed by atoms with Crippen molar-refractivity contribution in [1.29, 1.82) is 0 Å². The van der Waals surface area contributed by atoms with E-state index < -0.39 is 66.2 Å². The zero-order chi connectivity index (χ0) is 26.4. The van der Waals surface area contributed by atoms with Crippen LogP contribution in [0.2, 0.25) is 0 Å². The summed E-state index contributed by atoms with van der Waals surface area (Å²) in [7, 11) is 0. The van der Waals surface area contributed by atoms with E-state index in [-0.39, 0.29) is 18.8 Å². The Morgan fingerprint density at radius 1 is 0.912 bits per heavy atom. The molecular formula is C20H35N5O8S. The normalized spacial score (nSPS) is 15.2. The van der Waals surface area contributed by atoms with E-state index in [2.05, 4.69) is 10.6 Å². The molecule has 0 saturated carbocycles. The van der Waals surface area contributed by atoms with Crippen LogP contribution in [0.1, 0.15) is 46.0 Å². The fraction of sp³-hybridized carbons (Fsp3) is 0.700. The van der Waals surface area contributed by atoms with E-state index >= 15 is 0 Å². The summed E-state index contributed by atoms with van der Waals surface area (Å²) in [5.41, 5.74) is 11.0. The van der Waals surface area contributed by atoms with E-state index in [0.717, 1.165) is 0 Å². The van der Waals surface area contributed by atoms with Crippen molar-refractivity contribution in [1.82, 2.24) is 16.0 Å². The van der Waals surface area contributed by atoms with Crippen molar-refractivity contribution in [2.75, 3.05) is 12.0 Å². The number of hydrogen-bond acceptors (Lipinski definition) is 8. The van der Waals surface area contributed by atoms with Crippen LogP contribution in [0.3, 0.4) is 0 Å². The molecule has 0 aliphatic heterocycles. The van der Waals surface area contributed by atoms with Gasteiger partial charge >= 0.3 is 11.9 Å². The largest absolute Gasteiger partial charge is 0.481 e. The quantitative estimate of drug-likeness (QED) is 0.119. The Labute approximate surface area is 202 Å². The fourth-order valence-corrected chi connectivity index (χ4v) is 3.29. The molecule has 0 bridgehead atoms. The summed E-state index contributed by atoms with van der Waals surface area (Å²) in [6, 6.07) is -5.05. The lowest BCUT2D eigenvalue weighted by molar-refractivity contribution is -0.147. The number of thioether (sulfide) groups is 1. The van der Waals surface area contributed by atoms with Gasteiger partial charge in [0.1, 0.15) is 18.1 Å². The van der Waals surface area contributed by atoms with Crippen LogP contribution in [0.4, 0.5) is 0 Å². The van der Waals surface area contributed by atoms with Gasteiger partial charge in [-0.05, 0) is 30.8 Å². The van der Waals surface area contributed by atoms with E-state index in [1.54, 1.807) is 13.8 Å². The van der Waals surface area contributed by atoms with Gasteiger partial charge < -0.3 is 37.6 Å². The molecule has 0 radical (unpaired) electrons. The standard InChI is InChI=1S/C20H35N5O8S/c1-4-10(2)16(25-17(29)11(21)7-8-34-3)19(31)23-12(5-6-14(22)26)18(30)24-13(20(32)33)9-15(27)28/h10-13,16H,4-9,21H2,1-3H3,(H2,22,26)(H,23,31)(H,24,30)(H,25,29)(H,27,28)(H,32,33). The summed E-state index contributed by atoms with van der Waals surface area (Å²) in [6.07, 6.45) is 1.29. The Bertz CT molecular complexity index is 750. The maximum atomic E-state index is 13.0. The molecule has 0 saturated heterocycles. The van der Waals surface area contributed by atoms with Crippen molar-refractivity contribution >= 4 is 47.3 Å². The summed E-state index contributed by atoms with van der Waals surface area (Å²) in [5.74, 6) is -5.80. The average Bonchev–Trinajstić information content (AvgIpc) is 2.76. The smallest absolute Gasteiger partial charge is 0.326 e. The van der Waals surface area contributed by atoms with Gasteiger partial charge in [-0.2, -0.15) is 11.8 Å². The van der Waals surface area contributed by atoms with E-state index in [0.29, 0.717) is 18.6 Å². The number of primary amides is 1. The first-order chi connectivity index (χ1) is 15.8. The molecule has 194 valence electrons. The second-order valence-corrected chi connectivity index (χ2v) is 8.81. The van der Waals surface area contributed by atoms with Crippen molar-refractivity contribution in [3.8, 4) is 0 Å². The highest BCUT2D eigenvalue weighted by Crippen LogP contribution is 2.11. The number of nitrogens with one attached hydrogen (secondary N) is 3. The third-order valence-corrected chi connectivity index (χ3v) is 5.71. The van der Waals surface area contributed by atoms with E-state index in [9.17, 15) is 28.8 Å². The highest BCUT2D eigenvalue weighted by molar-refractivity contribution is 7.98. The van der Waals surface area contributed by atoms with Crippen LogP contribution in [0.5, 0.6) is 0 Å². The van der Waals surface area contributed by atoms with Crippen molar-refractivity contribution in [3.05, 3.63) is 0 Å². The molecule has 0 heterocycles. The molecule has 0 aliphatic rings. The zero-order valence-corrected chi connectivity index (χ0v) is 20.4. The minimum absolute atomic E-state index is 0.263. The van der Waals surface area contributed by atoms with E-state index in [1.165, 1.54) is 11.8 Å². The number of hydrogen-bond donors (Lipinski definition) is 7. The average molecular weight is 506 g/mol. The predicted molar refractivity (Wildman–Crippen MR) is 125 cm³/mol. The van der Waals surface area contributed by atoms with Crippen LogP contribution in [0.25, 0.3) is 0 Å². The van der Waals surface area contributed by atoms with Crippen molar-refractivity contribution in [2.24, 2.45) is 17.4 Å². The summed E-state index contributed by atoms with van der Waals surface area (Å²) in [4.78, 5) is 71.5. The maximum Gasteiger partial charge on any atom is 0.326 e. The summed E-state index contributed by atoms with van der Waals surface area (Å²) in [5, 5.41) is 25.1. The van der Waals surface area contributed by atoms with Crippen LogP contribution in [0, 0.1) is 5.92 Å². The molecule has 5 atom stereocenters. The number of aliphatic carboxylic acids is 2. The number of carbonyl (C=O) groups excluding carboxylic acids is 4. The molecule has 4 amide bonds. The lowest BCUT2D eigenvalue weighted by Crippen LogP contribution is -2.58. The molecule has 14 heteroatoms. The highest BCUT2D eigenvalue weighted by atomic mass is 32.2. The number of rotatable bonds is 17. The van der Waals surface area contributed by atoms with Crippen LogP contribution >= 0.6 is 11.8 Å². The van der Waals surface area contributed by atoms with Crippen LogP contribution < -0.4 is 27.4 Å². The third kappa shape index (κ3) is 11.8. The molecule has 9 N–H and O–H groups in total. The number of carbonyl (C=O) groups is 6. The molecule has 13 nitrogen and oxygen atoms in total. The SMILES string of the molecule is CCC(C)C(NC(=O)C(N)CCSC)C(=O)NC(CCC(N)=O)C(=O)NC(CC(=O)O)C(=O)O. The van der Waals surface area contributed by atoms with Gasteiger partial charge in [0.2, 0.25) is 23.6 Å². The van der Waals surface area contributed by atoms with Gasteiger partial charge in [0.05, 0.1) is 12.5 Å². The molecule has 0 aliphatic carbocycles. The molecule has 5 unspecified atom stereocenters. The number of carboxylic acids is 2. The number of nitrogens with two attached hydrogens (primary N) is 2. The minimum Gasteiger partial charge on any atom is -0.481 e. The summed E-state index contributed by atoms with van der Waals surface area (Å²) < 4.78 is 0. The van der Waals surface area contributed by atoms with Crippen molar-refractivity contribution in [2.45, 2.75) is 70.1 Å². The molecule has 0 fully saturated rings. The van der Waals surface area contributed by atoms with Crippen molar-refractivity contribution in [3.63, 3.8) is 0 Å². The summed E-state index contributed by atoms with van der Waals surface area (Å²) in [6.45, 7) is 3.51. The molecule has 34 heavy (non-hydrogen) atoms. The van der Waals surface area contributed by atoms with Crippen LogP contribution in [0.15, 0.2) is 0 Å². The van der Waals surface area contributed by atoms with Gasteiger partial charge in [-0.1, -0.05) is 20.3 Å². The first-order valence-electron chi connectivity index (χ1n) is 10.7. The minimum atomic E-state index is -1.75. The Balaban J connectivity index is 5.60. The van der Waals surface area contributed by atoms with Gasteiger partial charge in [-0.25, -0.2) is 4.79 Å². The first kappa shape index (κ1) is 31.1.